The number of nitrogens with two attached hydrogens (primary N) is 1. The molecule has 0 fully saturated rings. The highest BCUT2D eigenvalue weighted by Crippen LogP contribution is 2.28. The van der Waals surface area contributed by atoms with E-state index in [2.05, 4.69) is 15.3 Å². The van der Waals surface area contributed by atoms with Crippen molar-refractivity contribution in [1.29, 1.82) is 0 Å². The van der Waals surface area contributed by atoms with Gasteiger partial charge in [-0.2, -0.15) is 10.2 Å². The molecule has 0 radical (unpaired) electrons. The summed E-state index contributed by atoms with van der Waals surface area (Å²) in [5.74, 6) is 1.64. The van der Waals surface area contributed by atoms with Gasteiger partial charge in [0.1, 0.15) is 12.4 Å². The van der Waals surface area contributed by atoms with Crippen molar-refractivity contribution in [2.24, 2.45) is 15.9 Å². The average molecular weight is 440 g/mol. The molecule has 0 saturated heterocycles. The Bertz CT molecular complexity index is 1080. The van der Waals surface area contributed by atoms with Gasteiger partial charge in [-0.1, -0.05) is 42.1 Å². The molecule has 0 aliphatic heterocycles. The molecule has 0 atom stereocenters. The zero-order valence-corrected chi connectivity index (χ0v) is 17.4. The van der Waals surface area contributed by atoms with Gasteiger partial charge in [-0.15, -0.1) is 5.10 Å². The van der Waals surface area contributed by atoms with E-state index in [1.807, 2.05) is 30.3 Å². The fourth-order valence-electron chi connectivity index (χ4n) is 2.45. The highest BCUT2D eigenvalue weighted by atomic mass is 32.2. The smallest absolute Gasteiger partial charge is 0.307 e. The monoisotopic (exact) mass is 440 g/mol. The predicted octanol–water partition coefficient (Wildman–Crippen LogP) is 3.42. The molecule has 1 aromatic heterocycles. The van der Waals surface area contributed by atoms with Gasteiger partial charge >= 0.3 is 5.69 Å². The molecule has 3 rings (SSSR count). The first-order valence-electron chi connectivity index (χ1n) is 9.06. The molecule has 0 aliphatic carbocycles. The fraction of sp³-hybridized carbons (Fsp3) is 0.150. The summed E-state index contributed by atoms with van der Waals surface area (Å²) in [7, 11) is 1.51. The molecule has 31 heavy (non-hydrogen) atoms. The van der Waals surface area contributed by atoms with Gasteiger partial charge in [-0.25, -0.2) is 4.68 Å². The number of nitrogens with zero attached hydrogens (tertiary/aromatic N) is 5. The Labute approximate surface area is 182 Å². The Morgan fingerprint density at radius 1 is 1.29 bits per heavy atom. The topological polar surface area (TPSA) is 130 Å². The van der Waals surface area contributed by atoms with E-state index in [9.17, 15) is 10.1 Å². The van der Waals surface area contributed by atoms with Crippen LogP contribution in [0.5, 0.6) is 11.5 Å². The van der Waals surface area contributed by atoms with Crippen LogP contribution in [0.1, 0.15) is 11.1 Å². The van der Waals surface area contributed by atoms with Crippen LogP contribution in [0, 0.1) is 10.1 Å². The van der Waals surface area contributed by atoms with Gasteiger partial charge in [-0.3, -0.25) is 10.1 Å². The van der Waals surface area contributed by atoms with Crippen LogP contribution in [0.15, 0.2) is 71.1 Å². The molecule has 0 spiro atoms. The van der Waals surface area contributed by atoms with E-state index in [0.29, 0.717) is 22.4 Å². The van der Waals surface area contributed by atoms with Crippen LogP contribution in [-0.2, 0) is 12.5 Å². The lowest BCUT2D eigenvalue weighted by Crippen LogP contribution is -2.06. The minimum Gasteiger partial charge on any atom is -0.493 e. The number of benzene rings is 2. The van der Waals surface area contributed by atoms with Crippen molar-refractivity contribution in [3.8, 4) is 11.5 Å². The molecule has 2 N–H and O–H groups in total. The molecule has 3 aromatic rings. The van der Waals surface area contributed by atoms with Gasteiger partial charge in [-0.05, 0) is 29.3 Å². The molecule has 11 heteroatoms. The predicted molar refractivity (Wildman–Crippen MR) is 119 cm³/mol. The second-order valence-corrected chi connectivity index (χ2v) is 7.13. The van der Waals surface area contributed by atoms with Crippen LogP contribution in [0.25, 0.3) is 0 Å². The summed E-state index contributed by atoms with van der Waals surface area (Å²) in [5.41, 5.74) is 7.67. The van der Waals surface area contributed by atoms with Crippen LogP contribution >= 0.6 is 11.8 Å². The van der Waals surface area contributed by atoms with Crippen molar-refractivity contribution < 1.29 is 14.4 Å². The molecule has 0 saturated carbocycles. The molecule has 1 heterocycles. The van der Waals surface area contributed by atoms with Crippen molar-refractivity contribution in [2.75, 3.05) is 7.11 Å². The zero-order valence-electron chi connectivity index (χ0n) is 16.6. The lowest BCUT2D eigenvalue weighted by Gasteiger charge is -2.10. The Morgan fingerprint density at radius 2 is 2.10 bits per heavy atom. The van der Waals surface area contributed by atoms with E-state index in [4.69, 9.17) is 15.2 Å². The second kappa shape index (κ2) is 10.8. The Morgan fingerprint density at radius 3 is 2.81 bits per heavy atom. The van der Waals surface area contributed by atoms with Gasteiger partial charge < -0.3 is 15.2 Å². The lowest BCUT2D eigenvalue weighted by molar-refractivity contribution is -0.385. The number of thioether (sulfide) groups is 1. The van der Waals surface area contributed by atoms with Crippen molar-refractivity contribution in [1.82, 2.24) is 9.78 Å². The Kier molecular flexibility index (Phi) is 7.60. The second-order valence-electron chi connectivity index (χ2n) is 6.14. The van der Waals surface area contributed by atoms with Gasteiger partial charge in [0.05, 0.1) is 18.2 Å². The van der Waals surface area contributed by atoms with Crippen molar-refractivity contribution in [2.45, 2.75) is 12.5 Å². The number of rotatable bonds is 9. The minimum absolute atomic E-state index is 0.00288. The third-order valence-electron chi connectivity index (χ3n) is 3.96. The summed E-state index contributed by atoms with van der Waals surface area (Å²) in [4.78, 5) is 10.2. The number of ether oxygens (including phenoxy) is 2. The summed E-state index contributed by atoms with van der Waals surface area (Å²) in [6.45, 7) is -0.00288. The summed E-state index contributed by atoms with van der Waals surface area (Å²) in [6.07, 6.45) is 4.00. The van der Waals surface area contributed by atoms with Crippen LogP contribution < -0.4 is 15.2 Å². The van der Waals surface area contributed by atoms with Crippen molar-refractivity contribution in [3.63, 3.8) is 0 Å². The quantitative estimate of drug-likeness (QED) is 0.233. The van der Waals surface area contributed by atoms with E-state index < -0.39 is 4.92 Å². The van der Waals surface area contributed by atoms with E-state index in [1.54, 1.807) is 24.4 Å². The van der Waals surface area contributed by atoms with Crippen molar-refractivity contribution >= 4 is 28.8 Å². The lowest BCUT2D eigenvalue weighted by atomic mass is 10.2. The number of nitro groups is 1. The van der Waals surface area contributed by atoms with E-state index >= 15 is 0 Å². The molecule has 10 nitrogen and oxygen atoms in total. The Hall–Kier alpha value is -3.86. The maximum Gasteiger partial charge on any atom is 0.307 e. The maximum atomic E-state index is 10.7. The first-order chi connectivity index (χ1) is 15.0. The largest absolute Gasteiger partial charge is 0.493 e. The first kappa shape index (κ1) is 21.8. The Balaban J connectivity index is 1.57. The third kappa shape index (κ3) is 6.57. The van der Waals surface area contributed by atoms with Gasteiger partial charge in [0.15, 0.2) is 23.4 Å². The van der Waals surface area contributed by atoms with Crippen LogP contribution in [0.4, 0.5) is 5.69 Å². The van der Waals surface area contributed by atoms with Gasteiger partial charge in [0.2, 0.25) is 0 Å². The molecule has 160 valence electrons. The molecule has 2 aromatic carbocycles. The van der Waals surface area contributed by atoms with E-state index in [-0.39, 0.29) is 12.4 Å². The summed E-state index contributed by atoms with van der Waals surface area (Å²) in [5, 5.41) is 23.0. The standard InChI is InChI=1S/C20H20N6O4S/c1-29-19-9-16(10-22-24-20(21)31-13-15-5-3-2-4-6-15)7-8-18(19)30-14-25-12-17(11-23-25)26(27)28/h2-12H,13-14H2,1H3,(H2,21,24). The highest BCUT2D eigenvalue weighted by molar-refractivity contribution is 8.13. The molecule has 0 bridgehead atoms. The number of methoxy groups -OCH3 is 1. The van der Waals surface area contributed by atoms with Gasteiger partial charge in [0, 0.05) is 5.75 Å². The SMILES string of the molecule is COc1cc(C=NN=C(N)SCc2ccccc2)ccc1OCn1cc([N+](=O)[O-])cn1. The minimum atomic E-state index is -0.520. The van der Waals surface area contributed by atoms with Crippen LogP contribution in [-0.4, -0.2) is 33.2 Å². The third-order valence-corrected chi connectivity index (χ3v) is 4.82. The molecular weight excluding hydrogens is 420 g/mol. The van der Waals surface area contributed by atoms with Crippen LogP contribution in [0.3, 0.4) is 0 Å². The van der Waals surface area contributed by atoms with Gasteiger partial charge in [0.25, 0.3) is 0 Å². The summed E-state index contributed by atoms with van der Waals surface area (Å²) < 4.78 is 12.3. The number of aromatic nitrogens is 2. The maximum absolute atomic E-state index is 10.7. The first-order valence-corrected chi connectivity index (χ1v) is 10.0. The van der Waals surface area contributed by atoms with E-state index in [1.165, 1.54) is 29.8 Å². The number of hydrogen-bond donors (Lipinski definition) is 1. The number of hydrogen-bond acceptors (Lipinski definition) is 8. The van der Waals surface area contributed by atoms with Crippen molar-refractivity contribution in [3.05, 3.63) is 82.2 Å². The fourth-order valence-corrected chi connectivity index (χ4v) is 3.06. The highest BCUT2D eigenvalue weighted by Gasteiger charge is 2.10. The van der Waals surface area contributed by atoms with E-state index in [0.717, 1.165) is 17.3 Å². The molecule has 0 unspecified atom stereocenters. The number of amidine groups is 1. The average Bonchev–Trinajstić information content (AvgIpc) is 3.27. The molecule has 0 aliphatic rings. The van der Waals surface area contributed by atoms with Crippen LogP contribution in [0.2, 0.25) is 0 Å². The zero-order chi connectivity index (χ0) is 22.1. The summed E-state index contributed by atoms with van der Waals surface area (Å²) in [6, 6.07) is 15.2. The molecular formula is C20H20N6O4S. The normalized spacial score (nSPS) is 11.6. The molecule has 0 amide bonds. The summed E-state index contributed by atoms with van der Waals surface area (Å²) >= 11 is 1.40.